The molecule has 0 atom stereocenters. The number of ether oxygens (including phenoxy) is 1. The molecule has 0 saturated carbocycles. The van der Waals surface area contributed by atoms with Gasteiger partial charge in [-0.1, -0.05) is 23.7 Å². The predicted molar refractivity (Wildman–Crippen MR) is 97.7 cm³/mol. The quantitative estimate of drug-likeness (QED) is 0.666. The molecule has 0 aliphatic heterocycles. The summed E-state index contributed by atoms with van der Waals surface area (Å²) >= 11 is 5.87. The van der Waals surface area contributed by atoms with E-state index in [1.165, 1.54) is 4.80 Å². The maximum atomic E-state index is 12.4. The Kier molecular flexibility index (Phi) is 5.48. The molecule has 0 bridgehead atoms. The fourth-order valence-corrected chi connectivity index (χ4v) is 2.53. The second kappa shape index (κ2) is 7.97. The van der Waals surface area contributed by atoms with E-state index in [9.17, 15) is 4.79 Å². The number of hydrogen-bond donors (Lipinski definition) is 0. The number of rotatable bonds is 6. The van der Waals surface area contributed by atoms with Crippen molar-refractivity contribution in [3.8, 4) is 17.1 Å². The van der Waals surface area contributed by atoms with Crippen molar-refractivity contribution in [2.45, 2.75) is 13.1 Å². The highest BCUT2D eigenvalue weighted by Crippen LogP contribution is 2.17. The standard InChI is InChI=1S/C18H18ClN5O2/c1-23(11-13-4-3-5-16(10-13)26-2)17(25)12-24-21-18(20-22-24)14-6-8-15(19)9-7-14/h3-10H,11-12H2,1-2H3. The van der Waals surface area contributed by atoms with Gasteiger partial charge in [-0.15, -0.1) is 10.2 Å². The van der Waals surface area contributed by atoms with E-state index < -0.39 is 0 Å². The minimum absolute atomic E-state index is 0.0149. The maximum Gasteiger partial charge on any atom is 0.246 e. The monoisotopic (exact) mass is 371 g/mol. The lowest BCUT2D eigenvalue weighted by atomic mass is 10.2. The van der Waals surface area contributed by atoms with Crippen LogP contribution in [0.25, 0.3) is 11.4 Å². The molecule has 0 aliphatic carbocycles. The summed E-state index contributed by atoms with van der Waals surface area (Å²) in [5.74, 6) is 1.09. The van der Waals surface area contributed by atoms with E-state index in [1.807, 2.05) is 24.3 Å². The number of carbonyl (C=O) groups is 1. The topological polar surface area (TPSA) is 73.1 Å². The third-order valence-corrected chi connectivity index (χ3v) is 4.06. The summed E-state index contributed by atoms with van der Waals surface area (Å²) in [6.45, 7) is 0.482. The Morgan fingerprint density at radius 1 is 1.23 bits per heavy atom. The van der Waals surface area contributed by atoms with E-state index in [0.29, 0.717) is 17.4 Å². The first-order chi connectivity index (χ1) is 12.5. The Bertz CT molecular complexity index is 895. The van der Waals surface area contributed by atoms with Crippen LogP contribution in [0.1, 0.15) is 5.56 Å². The molecule has 0 spiro atoms. The number of benzene rings is 2. The molecule has 134 valence electrons. The average Bonchev–Trinajstić information content (AvgIpc) is 3.11. The molecule has 26 heavy (non-hydrogen) atoms. The highest BCUT2D eigenvalue weighted by molar-refractivity contribution is 6.30. The van der Waals surface area contributed by atoms with Crippen molar-refractivity contribution in [3.05, 3.63) is 59.1 Å². The van der Waals surface area contributed by atoms with Crippen LogP contribution in [0.3, 0.4) is 0 Å². The van der Waals surface area contributed by atoms with Crippen molar-refractivity contribution < 1.29 is 9.53 Å². The lowest BCUT2D eigenvalue weighted by molar-refractivity contribution is -0.131. The first-order valence-electron chi connectivity index (χ1n) is 7.96. The third kappa shape index (κ3) is 4.37. The molecule has 1 aromatic heterocycles. The van der Waals surface area contributed by atoms with Crippen molar-refractivity contribution in [1.82, 2.24) is 25.1 Å². The van der Waals surface area contributed by atoms with Crippen LogP contribution in [0.5, 0.6) is 5.75 Å². The average molecular weight is 372 g/mol. The number of halogens is 1. The second-order valence-corrected chi connectivity index (χ2v) is 6.19. The molecule has 1 heterocycles. The number of aromatic nitrogens is 4. The molecule has 0 saturated heterocycles. The second-order valence-electron chi connectivity index (χ2n) is 5.75. The maximum absolute atomic E-state index is 12.4. The van der Waals surface area contributed by atoms with Gasteiger partial charge in [0.25, 0.3) is 0 Å². The van der Waals surface area contributed by atoms with Gasteiger partial charge in [0.2, 0.25) is 11.7 Å². The molecule has 0 fully saturated rings. The highest BCUT2D eigenvalue weighted by atomic mass is 35.5. The van der Waals surface area contributed by atoms with E-state index in [1.54, 1.807) is 43.3 Å². The molecule has 3 aromatic rings. The van der Waals surface area contributed by atoms with E-state index >= 15 is 0 Å². The third-order valence-electron chi connectivity index (χ3n) is 3.81. The molecular formula is C18H18ClN5O2. The van der Waals surface area contributed by atoms with Crippen LogP contribution in [0, 0.1) is 0 Å². The summed E-state index contributed by atoms with van der Waals surface area (Å²) in [4.78, 5) is 15.3. The first kappa shape index (κ1) is 17.9. The zero-order chi connectivity index (χ0) is 18.5. The van der Waals surface area contributed by atoms with Gasteiger partial charge < -0.3 is 9.64 Å². The fourth-order valence-electron chi connectivity index (χ4n) is 2.40. The number of nitrogens with zero attached hydrogens (tertiary/aromatic N) is 5. The minimum Gasteiger partial charge on any atom is -0.497 e. The molecule has 0 radical (unpaired) electrons. The van der Waals surface area contributed by atoms with Crippen molar-refractivity contribution in [1.29, 1.82) is 0 Å². The highest BCUT2D eigenvalue weighted by Gasteiger charge is 2.13. The van der Waals surface area contributed by atoms with Crippen molar-refractivity contribution >= 4 is 17.5 Å². The summed E-state index contributed by atoms with van der Waals surface area (Å²) in [6.07, 6.45) is 0. The molecule has 7 nitrogen and oxygen atoms in total. The van der Waals surface area contributed by atoms with Gasteiger partial charge in [-0.3, -0.25) is 4.79 Å². The van der Waals surface area contributed by atoms with Crippen LogP contribution in [0.4, 0.5) is 0 Å². The van der Waals surface area contributed by atoms with E-state index in [4.69, 9.17) is 16.3 Å². The fraction of sp³-hybridized carbons (Fsp3) is 0.222. The minimum atomic E-state index is -0.118. The summed E-state index contributed by atoms with van der Waals surface area (Å²) in [7, 11) is 3.35. The van der Waals surface area contributed by atoms with Crippen molar-refractivity contribution in [2.75, 3.05) is 14.2 Å². The van der Waals surface area contributed by atoms with Crippen LogP contribution < -0.4 is 4.74 Å². The smallest absolute Gasteiger partial charge is 0.246 e. The molecule has 3 rings (SSSR count). The lowest BCUT2D eigenvalue weighted by Gasteiger charge is -2.17. The molecule has 0 unspecified atom stereocenters. The van der Waals surface area contributed by atoms with Gasteiger partial charge in [-0.2, -0.15) is 4.80 Å². The molecule has 0 N–H and O–H groups in total. The lowest BCUT2D eigenvalue weighted by Crippen LogP contribution is -2.30. The molecule has 8 heteroatoms. The Morgan fingerprint density at radius 2 is 2.00 bits per heavy atom. The zero-order valence-electron chi connectivity index (χ0n) is 14.5. The summed E-state index contributed by atoms with van der Waals surface area (Å²) < 4.78 is 5.20. The molecular weight excluding hydrogens is 354 g/mol. The van der Waals surface area contributed by atoms with Gasteiger partial charge >= 0.3 is 0 Å². The Labute approximate surface area is 156 Å². The summed E-state index contributed by atoms with van der Waals surface area (Å²) in [6, 6.07) is 14.7. The molecule has 1 amide bonds. The van der Waals surface area contributed by atoms with Crippen LogP contribution in [-0.2, 0) is 17.9 Å². The summed E-state index contributed by atoms with van der Waals surface area (Å²) in [5.41, 5.74) is 1.77. The van der Waals surface area contributed by atoms with Gasteiger partial charge in [0.05, 0.1) is 7.11 Å². The first-order valence-corrected chi connectivity index (χ1v) is 8.33. The van der Waals surface area contributed by atoms with Gasteiger partial charge in [0.15, 0.2) is 0 Å². The normalized spacial score (nSPS) is 10.6. The Balaban J connectivity index is 1.63. The number of likely N-dealkylation sites (N-methyl/N-ethyl adjacent to an activating group) is 1. The molecule has 2 aromatic carbocycles. The predicted octanol–water partition coefficient (Wildman–Crippen LogP) is 2.66. The van der Waals surface area contributed by atoms with Gasteiger partial charge in [0.1, 0.15) is 12.3 Å². The van der Waals surface area contributed by atoms with Crippen LogP contribution in [-0.4, -0.2) is 45.2 Å². The van der Waals surface area contributed by atoms with E-state index in [-0.39, 0.29) is 12.5 Å². The largest absolute Gasteiger partial charge is 0.497 e. The van der Waals surface area contributed by atoms with Crippen LogP contribution in [0.2, 0.25) is 5.02 Å². The van der Waals surface area contributed by atoms with Gasteiger partial charge in [-0.05, 0) is 47.2 Å². The van der Waals surface area contributed by atoms with Crippen LogP contribution >= 0.6 is 11.6 Å². The number of amides is 1. The van der Waals surface area contributed by atoms with Crippen molar-refractivity contribution in [3.63, 3.8) is 0 Å². The van der Waals surface area contributed by atoms with Crippen LogP contribution in [0.15, 0.2) is 48.5 Å². The van der Waals surface area contributed by atoms with E-state index in [2.05, 4.69) is 15.4 Å². The molecule has 0 aliphatic rings. The Morgan fingerprint density at radius 3 is 2.73 bits per heavy atom. The SMILES string of the molecule is COc1cccc(CN(C)C(=O)Cn2nnc(-c3ccc(Cl)cc3)n2)c1. The van der Waals surface area contributed by atoms with Gasteiger partial charge in [-0.25, -0.2) is 0 Å². The zero-order valence-corrected chi connectivity index (χ0v) is 15.2. The summed E-state index contributed by atoms with van der Waals surface area (Å²) in [5, 5.41) is 12.8. The van der Waals surface area contributed by atoms with E-state index in [0.717, 1.165) is 16.9 Å². The Hall–Kier alpha value is -2.93. The number of carbonyl (C=O) groups excluding carboxylic acids is 1. The number of hydrogen-bond acceptors (Lipinski definition) is 5. The number of methoxy groups -OCH3 is 1. The number of tetrazole rings is 1. The van der Waals surface area contributed by atoms with Gasteiger partial charge in [0, 0.05) is 24.2 Å². The van der Waals surface area contributed by atoms with Crippen molar-refractivity contribution in [2.24, 2.45) is 0 Å².